The van der Waals surface area contributed by atoms with E-state index in [-0.39, 0.29) is 11.4 Å². The van der Waals surface area contributed by atoms with E-state index in [1.165, 1.54) is 10.5 Å². The Balaban J connectivity index is 2.08. The van der Waals surface area contributed by atoms with E-state index in [9.17, 15) is 5.11 Å². The topological polar surface area (TPSA) is 20.2 Å². The Hall–Kier alpha value is -1.25. The predicted molar refractivity (Wildman–Crippen MR) is 87.1 cm³/mol. The fourth-order valence-electron chi connectivity index (χ4n) is 2.26. The van der Waals surface area contributed by atoms with Crippen LogP contribution in [0.15, 0.2) is 65.6 Å². The molecule has 2 rings (SSSR count). The summed E-state index contributed by atoms with van der Waals surface area (Å²) in [6, 6.07) is 20.8. The summed E-state index contributed by atoms with van der Waals surface area (Å²) in [7, 11) is 0. The van der Waals surface area contributed by atoms with Gasteiger partial charge in [-0.05, 0) is 30.5 Å². The molecule has 0 aliphatic carbocycles. The van der Waals surface area contributed by atoms with Crippen LogP contribution in [0, 0.1) is 0 Å². The molecular formula is C18H22OS. The second-order valence-corrected chi connectivity index (χ2v) is 6.33. The zero-order valence-electron chi connectivity index (χ0n) is 11.9. The number of aliphatic hydroxyl groups is 1. The van der Waals surface area contributed by atoms with E-state index in [1.807, 2.05) is 24.3 Å². The largest absolute Gasteiger partial charge is 0.392 e. The van der Waals surface area contributed by atoms with Gasteiger partial charge < -0.3 is 5.11 Å². The maximum Gasteiger partial charge on any atom is 0.0665 e. The summed E-state index contributed by atoms with van der Waals surface area (Å²) in [5.74, 6) is 0. The van der Waals surface area contributed by atoms with Gasteiger partial charge in [0, 0.05) is 10.1 Å². The second kappa shape index (κ2) is 8.13. The number of aliphatic hydroxyl groups excluding tert-OH is 1. The van der Waals surface area contributed by atoms with Gasteiger partial charge in [-0.2, -0.15) is 0 Å². The molecule has 0 aliphatic heterocycles. The van der Waals surface area contributed by atoms with Crippen LogP contribution in [0.25, 0.3) is 0 Å². The highest BCUT2D eigenvalue weighted by Crippen LogP contribution is 2.29. The average molecular weight is 286 g/mol. The smallest absolute Gasteiger partial charge is 0.0665 e. The molecule has 1 N–H and O–H groups in total. The Morgan fingerprint density at radius 3 is 2.15 bits per heavy atom. The van der Waals surface area contributed by atoms with Crippen molar-refractivity contribution in [1.29, 1.82) is 0 Å². The molecule has 0 radical (unpaired) electrons. The molecule has 0 spiro atoms. The third-order valence-corrected chi connectivity index (χ3v) is 4.65. The summed E-state index contributed by atoms with van der Waals surface area (Å²) >= 11 is 1.78. The summed E-state index contributed by atoms with van der Waals surface area (Å²) < 4.78 is 0. The van der Waals surface area contributed by atoms with Crippen LogP contribution < -0.4 is 0 Å². The van der Waals surface area contributed by atoms with Crippen molar-refractivity contribution in [3.05, 3.63) is 66.2 Å². The molecule has 2 atom stereocenters. The molecule has 0 heterocycles. The van der Waals surface area contributed by atoms with Crippen LogP contribution in [-0.2, 0) is 6.42 Å². The van der Waals surface area contributed by atoms with Crippen molar-refractivity contribution in [1.82, 2.24) is 0 Å². The summed E-state index contributed by atoms with van der Waals surface area (Å²) in [6.07, 6.45) is 2.52. The first-order valence-electron chi connectivity index (χ1n) is 7.23. The molecule has 0 saturated carbocycles. The Labute approximate surface area is 126 Å². The van der Waals surface area contributed by atoms with Crippen molar-refractivity contribution in [2.45, 2.75) is 42.4 Å². The van der Waals surface area contributed by atoms with Crippen molar-refractivity contribution in [2.24, 2.45) is 0 Å². The van der Waals surface area contributed by atoms with Crippen molar-refractivity contribution < 1.29 is 5.11 Å². The third-order valence-electron chi connectivity index (χ3n) is 3.32. The van der Waals surface area contributed by atoms with Crippen LogP contribution in [0.2, 0.25) is 0 Å². The molecule has 2 aromatic rings. The first kappa shape index (κ1) is 15.1. The highest BCUT2D eigenvalue weighted by atomic mass is 32.2. The number of thioether (sulfide) groups is 1. The number of benzene rings is 2. The molecule has 0 aliphatic rings. The van der Waals surface area contributed by atoms with Crippen LogP contribution >= 0.6 is 11.8 Å². The Kier molecular flexibility index (Phi) is 6.16. The summed E-state index contributed by atoms with van der Waals surface area (Å²) in [5, 5.41) is 10.6. The van der Waals surface area contributed by atoms with Gasteiger partial charge in [0.05, 0.1) is 6.10 Å². The Morgan fingerprint density at radius 1 is 0.950 bits per heavy atom. The van der Waals surface area contributed by atoms with E-state index in [0.29, 0.717) is 0 Å². The number of hydrogen-bond donors (Lipinski definition) is 1. The van der Waals surface area contributed by atoms with E-state index in [0.717, 1.165) is 19.3 Å². The molecule has 0 fully saturated rings. The number of rotatable bonds is 7. The summed E-state index contributed by atoms with van der Waals surface area (Å²) in [5.41, 5.74) is 1.29. The van der Waals surface area contributed by atoms with Crippen molar-refractivity contribution >= 4 is 11.8 Å². The molecule has 1 nitrogen and oxygen atoms in total. The fraction of sp³-hybridized carbons (Fsp3) is 0.333. The molecule has 106 valence electrons. The molecule has 0 bridgehead atoms. The lowest BCUT2D eigenvalue weighted by Crippen LogP contribution is -2.25. The van der Waals surface area contributed by atoms with Gasteiger partial charge in [-0.25, -0.2) is 0 Å². The molecule has 2 heteroatoms. The van der Waals surface area contributed by atoms with Crippen molar-refractivity contribution in [2.75, 3.05) is 0 Å². The lowest BCUT2D eigenvalue weighted by atomic mass is 10.0. The maximum absolute atomic E-state index is 10.4. The van der Waals surface area contributed by atoms with Gasteiger partial charge in [-0.3, -0.25) is 0 Å². The van der Waals surface area contributed by atoms with E-state index in [4.69, 9.17) is 0 Å². The lowest BCUT2D eigenvalue weighted by Gasteiger charge is -2.22. The van der Waals surface area contributed by atoms with Gasteiger partial charge in [-0.15, -0.1) is 11.8 Å². The van der Waals surface area contributed by atoms with E-state index in [2.05, 4.69) is 43.3 Å². The van der Waals surface area contributed by atoms with Gasteiger partial charge in [0.25, 0.3) is 0 Å². The molecule has 0 aromatic heterocycles. The van der Waals surface area contributed by atoms with E-state index < -0.39 is 0 Å². The van der Waals surface area contributed by atoms with E-state index in [1.54, 1.807) is 11.8 Å². The first-order chi connectivity index (χ1) is 9.79. The monoisotopic (exact) mass is 286 g/mol. The van der Waals surface area contributed by atoms with Crippen molar-refractivity contribution in [3.8, 4) is 0 Å². The zero-order chi connectivity index (χ0) is 14.2. The quantitative estimate of drug-likeness (QED) is 0.753. The molecular weight excluding hydrogens is 264 g/mol. The molecule has 20 heavy (non-hydrogen) atoms. The van der Waals surface area contributed by atoms with Crippen LogP contribution in [-0.4, -0.2) is 16.5 Å². The van der Waals surface area contributed by atoms with Gasteiger partial charge in [0.15, 0.2) is 0 Å². The number of hydrogen-bond acceptors (Lipinski definition) is 2. The maximum atomic E-state index is 10.4. The minimum atomic E-state index is -0.259. The normalized spacial score (nSPS) is 13.9. The van der Waals surface area contributed by atoms with Crippen LogP contribution in [0.3, 0.4) is 0 Å². The summed E-state index contributed by atoms with van der Waals surface area (Å²) in [4.78, 5) is 1.23. The Morgan fingerprint density at radius 2 is 1.55 bits per heavy atom. The van der Waals surface area contributed by atoms with Gasteiger partial charge in [0.1, 0.15) is 0 Å². The van der Waals surface area contributed by atoms with Crippen molar-refractivity contribution in [3.63, 3.8) is 0 Å². The standard InChI is InChI=1S/C18H22OS/c1-2-9-17(19)18(14-15-10-5-3-6-11-15)20-16-12-7-4-8-13-16/h3-8,10-13,17-19H,2,9,14H2,1H3/t17-,18+/m1/s1. The fourth-order valence-corrected chi connectivity index (χ4v) is 3.49. The third kappa shape index (κ3) is 4.69. The summed E-state index contributed by atoms with van der Waals surface area (Å²) in [6.45, 7) is 2.12. The van der Waals surface area contributed by atoms with Gasteiger partial charge in [0.2, 0.25) is 0 Å². The second-order valence-electron chi connectivity index (χ2n) is 5.02. The van der Waals surface area contributed by atoms with Crippen LogP contribution in [0.5, 0.6) is 0 Å². The minimum absolute atomic E-state index is 0.208. The zero-order valence-corrected chi connectivity index (χ0v) is 12.7. The minimum Gasteiger partial charge on any atom is -0.392 e. The molecule has 0 amide bonds. The Bertz CT molecular complexity index is 442. The molecule has 0 saturated heterocycles. The highest BCUT2D eigenvalue weighted by Gasteiger charge is 2.20. The predicted octanol–water partition coefficient (Wildman–Crippen LogP) is 4.55. The van der Waals surface area contributed by atoms with Crippen LogP contribution in [0.4, 0.5) is 0 Å². The lowest BCUT2D eigenvalue weighted by molar-refractivity contribution is 0.160. The molecule has 0 unspecified atom stereocenters. The SMILES string of the molecule is CCC[C@@H](O)[C@H](Cc1ccccc1)Sc1ccccc1. The first-order valence-corrected chi connectivity index (χ1v) is 8.11. The van der Waals surface area contributed by atoms with Gasteiger partial charge >= 0.3 is 0 Å². The van der Waals surface area contributed by atoms with E-state index >= 15 is 0 Å². The van der Waals surface area contributed by atoms with Crippen LogP contribution in [0.1, 0.15) is 25.3 Å². The highest BCUT2D eigenvalue weighted by molar-refractivity contribution is 8.00. The molecule has 2 aromatic carbocycles. The van der Waals surface area contributed by atoms with Gasteiger partial charge in [-0.1, -0.05) is 61.9 Å². The average Bonchev–Trinajstić information content (AvgIpc) is 2.49.